The van der Waals surface area contributed by atoms with Crippen LogP contribution < -0.4 is 0 Å². The van der Waals surface area contributed by atoms with Crippen LogP contribution in [0.1, 0.15) is 22.8 Å². The summed E-state index contributed by atoms with van der Waals surface area (Å²) >= 11 is 8.06. The molecule has 0 bridgehead atoms. The molecule has 132 valence electrons. The number of aromatic nitrogens is 3. The predicted molar refractivity (Wildman–Crippen MR) is 99.9 cm³/mol. The van der Waals surface area contributed by atoms with Gasteiger partial charge in [0.15, 0.2) is 5.82 Å². The van der Waals surface area contributed by atoms with Gasteiger partial charge in [-0.2, -0.15) is 13.2 Å². The molecule has 2 heterocycles. The molecule has 3 aromatic rings. The van der Waals surface area contributed by atoms with Crippen LogP contribution in [0.15, 0.2) is 47.5 Å². The summed E-state index contributed by atoms with van der Waals surface area (Å²) in [5, 5.41) is 7.62. The summed E-state index contributed by atoms with van der Waals surface area (Å²) in [4.78, 5) is 4.52. The van der Waals surface area contributed by atoms with Crippen molar-refractivity contribution < 1.29 is 13.2 Å². The van der Waals surface area contributed by atoms with Crippen molar-refractivity contribution in [2.75, 3.05) is 0 Å². The molecule has 9 heteroatoms. The second-order valence-electron chi connectivity index (χ2n) is 5.61. The SMILES string of the molecule is FC(F)(F)c1nnc2n1-c1ccc(I)cc1C(c1ccc(Cl)cc1)=NC2. The van der Waals surface area contributed by atoms with E-state index in [9.17, 15) is 13.2 Å². The van der Waals surface area contributed by atoms with Crippen molar-refractivity contribution in [3.05, 3.63) is 73.8 Å². The number of alkyl halides is 3. The van der Waals surface area contributed by atoms with E-state index >= 15 is 0 Å². The van der Waals surface area contributed by atoms with Crippen LogP contribution >= 0.6 is 34.2 Å². The monoisotopic (exact) mass is 488 g/mol. The average Bonchev–Trinajstić information content (AvgIpc) is 2.95. The number of nitrogens with zero attached hydrogens (tertiary/aromatic N) is 4. The lowest BCUT2D eigenvalue weighted by molar-refractivity contribution is -0.146. The Bertz CT molecular complexity index is 1030. The number of benzene rings is 2. The van der Waals surface area contributed by atoms with Crippen LogP contribution in [0.2, 0.25) is 5.02 Å². The van der Waals surface area contributed by atoms with Gasteiger partial charge < -0.3 is 0 Å². The van der Waals surface area contributed by atoms with Crippen molar-refractivity contribution >= 4 is 39.9 Å². The lowest BCUT2D eigenvalue weighted by atomic mass is 10.0. The molecule has 0 amide bonds. The van der Waals surface area contributed by atoms with Gasteiger partial charge in [-0.1, -0.05) is 23.7 Å². The van der Waals surface area contributed by atoms with E-state index in [1.54, 1.807) is 42.5 Å². The molecular formula is C17H9ClF3IN4. The van der Waals surface area contributed by atoms with Gasteiger partial charge >= 0.3 is 6.18 Å². The van der Waals surface area contributed by atoms with E-state index in [2.05, 4.69) is 37.8 Å². The molecule has 4 rings (SSSR count). The highest BCUT2D eigenvalue weighted by atomic mass is 127. The summed E-state index contributed by atoms with van der Waals surface area (Å²) in [6.45, 7) is -0.00764. The molecule has 0 unspecified atom stereocenters. The van der Waals surface area contributed by atoms with E-state index in [0.717, 1.165) is 13.7 Å². The molecule has 0 atom stereocenters. The van der Waals surface area contributed by atoms with Gasteiger partial charge in [-0.15, -0.1) is 10.2 Å². The topological polar surface area (TPSA) is 43.1 Å². The molecule has 26 heavy (non-hydrogen) atoms. The standard InChI is InChI=1S/C17H9ClF3IN4/c18-10-3-1-9(2-4-10)15-12-7-11(22)5-6-13(12)26-14(8-23-15)24-25-16(26)17(19,20)21/h1-7H,8H2. The van der Waals surface area contributed by atoms with Gasteiger partial charge in [-0.05, 0) is 52.9 Å². The number of rotatable bonds is 1. The van der Waals surface area contributed by atoms with Gasteiger partial charge in [-0.3, -0.25) is 9.56 Å². The van der Waals surface area contributed by atoms with Crippen LogP contribution in [-0.4, -0.2) is 20.5 Å². The maximum absolute atomic E-state index is 13.4. The van der Waals surface area contributed by atoms with Crippen molar-refractivity contribution in [3.63, 3.8) is 0 Å². The number of aliphatic imine (C=N–C) groups is 1. The minimum absolute atomic E-state index is 0.00764. The van der Waals surface area contributed by atoms with Crippen LogP contribution in [0.5, 0.6) is 0 Å². The Balaban J connectivity index is 1.98. The van der Waals surface area contributed by atoms with Crippen molar-refractivity contribution in [1.29, 1.82) is 0 Å². The van der Waals surface area contributed by atoms with Gasteiger partial charge in [0.1, 0.15) is 6.54 Å². The fraction of sp³-hybridized carbons (Fsp3) is 0.118. The van der Waals surface area contributed by atoms with Crippen LogP contribution in [0, 0.1) is 3.57 Å². The van der Waals surface area contributed by atoms with E-state index in [1.807, 2.05) is 0 Å². The highest BCUT2D eigenvalue weighted by molar-refractivity contribution is 14.1. The van der Waals surface area contributed by atoms with Crippen LogP contribution in [0.4, 0.5) is 13.2 Å². The lowest BCUT2D eigenvalue weighted by Gasteiger charge is -2.15. The van der Waals surface area contributed by atoms with E-state index in [0.29, 0.717) is 22.0 Å². The second kappa shape index (κ2) is 6.34. The third-order valence-corrected chi connectivity index (χ3v) is 4.86. The van der Waals surface area contributed by atoms with Crippen molar-refractivity contribution in [3.8, 4) is 5.69 Å². The predicted octanol–water partition coefficient (Wildman–Crippen LogP) is 4.90. The molecule has 0 saturated carbocycles. The normalized spacial score (nSPS) is 13.7. The smallest absolute Gasteiger partial charge is 0.276 e. The Kier molecular flexibility index (Phi) is 4.26. The van der Waals surface area contributed by atoms with Crippen molar-refractivity contribution in [1.82, 2.24) is 14.8 Å². The third kappa shape index (κ3) is 3.01. The summed E-state index contributed by atoms with van der Waals surface area (Å²) in [5.41, 5.74) is 2.30. The molecule has 0 aliphatic carbocycles. The Labute approximate surface area is 164 Å². The molecule has 0 saturated heterocycles. The number of hydrogen-bond donors (Lipinski definition) is 0. The minimum atomic E-state index is -4.61. The largest absolute Gasteiger partial charge is 0.452 e. The zero-order chi connectivity index (χ0) is 18.5. The molecule has 1 aromatic heterocycles. The summed E-state index contributed by atoms with van der Waals surface area (Å²) in [6.07, 6.45) is -4.61. The molecule has 0 N–H and O–H groups in total. The first-order valence-electron chi connectivity index (χ1n) is 7.47. The van der Waals surface area contributed by atoms with Gasteiger partial charge in [0, 0.05) is 19.7 Å². The zero-order valence-electron chi connectivity index (χ0n) is 12.9. The van der Waals surface area contributed by atoms with Gasteiger partial charge in [0.05, 0.1) is 11.4 Å². The molecule has 0 radical (unpaired) electrons. The molecule has 1 aliphatic rings. The average molecular weight is 489 g/mol. The quantitative estimate of drug-likeness (QED) is 0.458. The summed E-state index contributed by atoms with van der Waals surface area (Å²) in [5.74, 6) is -0.911. The lowest BCUT2D eigenvalue weighted by Crippen LogP contribution is -2.16. The first-order valence-corrected chi connectivity index (χ1v) is 8.92. The van der Waals surface area contributed by atoms with Crippen LogP contribution in [0.3, 0.4) is 0 Å². The Hall–Kier alpha value is -1.94. The molecule has 0 fully saturated rings. The maximum Gasteiger partial charge on any atom is 0.452 e. The molecule has 4 nitrogen and oxygen atoms in total. The first kappa shape index (κ1) is 17.5. The van der Waals surface area contributed by atoms with Gasteiger partial charge in [-0.25, -0.2) is 0 Å². The van der Waals surface area contributed by atoms with E-state index in [4.69, 9.17) is 11.6 Å². The van der Waals surface area contributed by atoms with E-state index < -0.39 is 12.0 Å². The van der Waals surface area contributed by atoms with E-state index in [-0.39, 0.29) is 12.4 Å². The third-order valence-electron chi connectivity index (χ3n) is 3.93. The molecular weight excluding hydrogens is 480 g/mol. The Morgan fingerprint density at radius 3 is 2.46 bits per heavy atom. The Morgan fingerprint density at radius 1 is 1.04 bits per heavy atom. The summed E-state index contributed by atoms with van der Waals surface area (Å²) < 4.78 is 42.1. The van der Waals surface area contributed by atoms with Crippen molar-refractivity contribution in [2.45, 2.75) is 12.7 Å². The summed E-state index contributed by atoms with van der Waals surface area (Å²) in [7, 11) is 0. The number of halogens is 5. The van der Waals surface area contributed by atoms with Crippen molar-refractivity contribution in [2.24, 2.45) is 4.99 Å². The number of fused-ring (bicyclic) bond motifs is 3. The van der Waals surface area contributed by atoms with Gasteiger partial charge in [0.25, 0.3) is 0 Å². The molecule has 1 aliphatic heterocycles. The zero-order valence-corrected chi connectivity index (χ0v) is 15.8. The van der Waals surface area contributed by atoms with Crippen LogP contribution in [0.25, 0.3) is 5.69 Å². The van der Waals surface area contributed by atoms with Gasteiger partial charge in [0.2, 0.25) is 5.82 Å². The van der Waals surface area contributed by atoms with E-state index in [1.165, 1.54) is 0 Å². The maximum atomic E-state index is 13.4. The highest BCUT2D eigenvalue weighted by Crippen LogP contribution is 2.34. The first-order chi connectivity index (χ1) is 12.3. The second-order valence-corrected chi connectivity index (χ2v) is 7.29. The van der Waals surface area contributed by atoms with Crippen LogP contribution in [-0.2, 0) is 12.7 Å². The molecule has 0 spiro atoms. The highest BCUT2D eigenvalue weighted by Gasteiger charge is 2.40. The molecule has 2 aromatic carbocycles. The fourth-order valence-electron chi connectivity index (χ4n) is 2.84. The summed E-state index contributed by atoms with van der Waals surface area (Å²) in [6, 6.07) is 12.2. The fourth-order valence-corrected chi connectivity index (χ4v) is 3.46. The minimum Gasteiger partial charge on any atom is -0.276 e. The Morgan fingerprint density at radius 2 is 1.77 bits per heavy atom. The number of hydrogen-bond acceptors (Lipinski definition) is 3.